The lowest BCUT2D eigenvalue weighted by atomic mass is 9.91. The van der Waals surface area contributed by atoms with Crippen LogP contribution in [0.5, 0.6) is 0 Å². The number of fused-ring (bicyclic) bond motifs is 1. The number of para-hydroxylation sites is 1. The summed E-state index contributed by atoms with van der Waals surface area (Å²) in [7, 11) is 0. The van der Waals surface area contributed by atoms with Crippen LogP contribution < -0.4 is 16.8 Å². The average molecular weight is 364 g/mol. The van der Waals surface area contributed by atoms with Gasteiger partial charge in [-0.25, -0.2) is 0 Å². The second-order valence-electron chi connectivity index (χ2n) is 7.02. The van der Waals surface area contributed by atoms with E-state index in [1.807, 2.05) is 60.8 Å². The van der Waals surface area contributed by atoms with Gasteiger partial charge in [0.15, 0.2) is 0 Å². The lowest BCUT2D eigenvalue weighted by molar-refractivity contribution is -0.131. The van der Waals surface area contributed by atoms with Crippen LogP contribution in [0.4, 0.5) is 0 Å². The van der Waals surface area contributed by atoms with Crippen molar-refractivity contribution in [1.29, 1.82) is 0 Å². The molecule has 3 rings (SSSR count). The molecule has 27 heavy (non-hydrogen) atoms. The van der Waals surface area contributed by atoms with E-state index in [0.717, 1.165) is 22.0 Å². The van der Waals surface area contributed by atoms with Crippen molar-refractivity contribution >= 4 is 22.7 Å². The van der Waals surface area contributed by atoms with Gasteiger partial charge < -0.3 is 21.8 Å². The molecule has 0 fully saturated rings. The molecule has 6 heteroatoms. The maximum atomic E-state index is 12.7. The SMILES string of the molecule is CC(Cc1ccccc1)(NC(=O)C(N)Cc1c[nH]c2ccccc12)C(N)=O. The predicted molar refractivity (Wildman–Crippen MR) is 106 cm³/mol. The van der Waals surface area contributed by atoms with Gasteiger partial charge in [-0.3, -0.25) is 9.59 Å². The van der Waals surface area contributed by atoms with Crippen LogP contribution in [-0.2, 0) is 22.4 Å². The number of hydrogen-bond acceptors (Lipinski definition) is 3. The number of benzene rings is 2. The van der Waals surface area contributed by atoms with E-state index in [-0.39, 0.29) is 0 Å². The highest BCUT2D eigenvalue weighted by molar-refractivity contribution is 5.92. The third-order valence-corrected chi connectivity index (χ3v) is 4.79. The van der Waals surface area contributed by atoms with Gasteiger partial charge in [0.1, 0.15) is 5.54 Å². The molecule has 0 saturated heterocycles. The Labute approximate surface area is 157 Å². The Morgan fingerprint density at radius 3 is 2.48 bits per heavy atom. The van der Waals surface area contributed by atoms with Crippen LogP contribution in [0.1, 0.15) is 18.1 Å². The number of nitrogens with one attached hydrogen (secondary N) is 2. The topological polar surface area (TPSA) is 114 Å². The molecule has 0 aliphatic heterocycles. The minimum absolute atomic E-state index is 0.300. The molecule has 0 saturated carbocycles. The molecular weight excluding hydrogens is 340 g/mol. The third-order valence-electron chi connectivity index (χ3n) is 4.79. The normalized spacial score (nSPS) is 14.4. The first-order valence-electron chi connectivity index (χ1n) is 8.85. The van der Waals surface area contributed by atoms with E-state index in [1.54, 1.807) is 6.92 Å². The Morgan fingerprint density at radius 1 is 1.11 bits per heavy atom. The quantitative estimate of drug-likeness (QED) is 0.511. The fourth-order valence-electron chi connectivity index (χ4n) is 3.19. The van der Waals surface area contributed by atoms with Crippen molar-refractivity contribution in [2.45, 2.75) is 31.3 Å². The van der Waals surface area contributed by atoms with E-state index in [0.29, 0.717) is 12.8 Å². The summed E-state index contributed by atoms with van der Waals surface area (Å²) in [5, 5.41) is 3.78. The highest BCUT2D eigenvalue weighted by Gasteiger charge is 2.34. The second-order valence-corrected chi connectivity index (χ2v) is 7.02. The Hall–Kier alpha value is -3.12. The van der Waals surface area contributed by atoms with Crippen molar-refractivity contribution in [2.75, 3.05) is 0 Å². The maximum absolute atomic E-state index is 12.7. The minimum atomic E-state index is -1.21. The number of rotatable bonds is 7. The van der Waals surface area contributed by atoms with E-state index in [1.165, 1.54) is 0 Å². The average Bonchev–Trinajstić information content (AvgIpc) is 3.05. The zero-order valence-electron chi connectivity index (χ0n) is 15.2. The van der Waals surface area contributed by atoms with Gasteiger partial charge in [0.2, 0.25) is 11.8 Å². The van der Waals surface area contributed by atoms with E-state index in [9.17, 15) is 9.59 Å². The number of amides is 2. The van der Waals surface area contributed by atoms with E-state index in [2.05, 4.69) is 10.3 Å². The van der Waals surface area contributed by atoms with Crippen molar-refractivity contribution in [1.82, 2.24) is 10.3 Å². The molecule has 0 aliphatic rings. The van der Waals surface area contributed by atoms with Gasteiger partial charge in [0, 0.05) is 23.5 Å². The van der Waals surface area contributed by atoms with Crippen molar-refractivity contribution in [2.24, 2.45) is 11.5 Å². The summed E-state index contributed by atoms with van der Waals surface area (Å²) >= 11 is 0. The summed E-state index contributed by atoms with van der Waals surface area (Å²) in [4.78, 5) is 27.9. The highest BCUT2D eigenvalue weighted by Crippen LogP contribution is 2.19. The Bertz CT molecular complexity index is 951. The number of aromatic nitrogens is 1. The van der Waals surface area contributed by atoms with Crippen molar-refractivity contribution in [3.63, 3.8) is 0 Å². The number of primary amides is 1. The molecule has 1 aromatic heterocycles. The zero-order valence-corrected chi connectivity index (χ0v) is 15.2. The number of carbonyl (C=O) groups excluding carboxylic acids is 2. The summed E-state index contributed by atoms with van der Waals surface area (Å²) in [5.74, 6) is -1.00. The van der Waals surface area contributed by atoms with Crippen LogP contribution in [0.15, 0.2) is 60.8 Å². The molecule has 2 aromatic carbocycles. The van der Waals surface area contributed by atoms with Gasteiger partial charge in [-0.05, 0) is 30.5 Å². The minimum Gasteiger partial charge on any atom is -0.368 e. The van der Waals surface area contributed by atoms with E-state index in [4.69, 9.17) is 11.5 Å². The Kier molecular flexibility index (Phi) is 5.28. The number of H-pyrrole nitrogens is 1. The van der Waals surface area contributed by atoms with Gasteiger partial charge in [-0.15, -0.1) is 0 Å². The van der Waals surface area contributed by atoms with Crippen LogP contribution in [0, 0.1) is 0 Å². The number of hydrogen-bond donors (Lipinski definition) is 4. The summed E-state index contributed by atoms with van der Waals surface area (Å²) in [6.45, 7) is 1.62. The summed E-state index contributed by atoms with van der Waals surface area (Å²) in [6.07, 6.45) is 2.51. The molecule has 1 heterocycles. The summed E-state index contributed by atoms with van der Waals surface area (Å²) < 4.78 is 0. The molecule has 6 N–H and O–H groups in total. The molecular formula is C21H24N4O2. The molecule has 2 unspecified atom stereocenters. The van der Waals surface area contributed by atoms with Crippen molar-refractivity contribution in [3.05, 3.63) is 71.9 Å². The zero-order chi connectivity index (χ0) is 19.4. The monoisotopic (exact) mass is 364 g/mol. The van der Waals surface area contributed by atoms with E-state index >= 15 is 0 Å². The Balaban J connectivity index is 1.72. The summed E-state index contributed by atoms with van der Waals surface area (Å²) in [6, 6.07) is 16.5. The number of nitrogens with two attached hydrogens (primary N) is 2. The molecule has 2 amide bonds. The van der Waals surface area contributed by atoms with Crippen LogP contribution in [0.3, 0.4) is 0 Å². The van der Waals surface area contributed by atoms with Gasteiger partial charge >= 0.3 is 0 Å². The molecule has 0 radical (unpaired) electrons. The van der Waals surface area contributed by atoms with Gasteiger partial charge in [-0.1, -0.05) is 48.5 Å². The highest BCUT2D eigenvalue weighted by atomic mass is 16.2. The largest absolute Gasteiger partial charge is 0.368 e. The molecule has 0 aliphatic carbocycles. The van der Waals surface area contributed by atoms with Gasteiger partial charge in [0.05, 0.1) is 6.04 Å². The van der Waals surface area contributed by atoms with Crippen LogP contribution >= 0.6 is 0 Å². The fourth-order valence-corrected chi connectivity index (χ4v) is 3.19. The van der Waals surface area contributed by atoms with Crippen molar-refractivity contribution in [3.8, 4) is 0 Å². The van der Waals surface area contributed by atoms with E-state index < -0.39 is 23.4 Å². The third kappa shape index (κ3) is 4.17. The molecule has 0 bridgehead atoms. The van der Waals surface area contributed by atoms with Crippen LogP contribution in [0.2, 0.25) is 0 Å². The maximum Gasteiger partial charge on any atom is 0.243 e. The lowest BCUT2D eigenvalue weighted by Gasteiger charge is -2.29. The molecule has 2 atom stereocenters. The Morgan fingerprint density at radius 2 is 1.78 bits per heavy atom. The lowest BCUT2D eigenvalue weighted by Crippen LogP contribution is -2.60. The summed E-state index contributed by atoms with van der Waals surface area (Å²) in [5.41, 5.74) is 13.3. The molecule has 0 spiro atoms. The molecule has 3 aromatic rings. The van der Waals surface area contributed by atoms with Gasteiger partial charge in [-0.2, -0.15) is 0 Å². The van der Waals surface area contributed by atoms with Crippen LogP contribution in [0.25, 0.3) is 10.9 Å². The first kappa shape index (κ1) is 18.7. The number of aromatic amines is 1. The first-order chi connectivity index (χ1) is 12.9. The molecule has 140 valence electrons. The fraction of sp³-hybridized carbons (Fsp3) is 0.238. The standard InChI is InChI=1S/C21H24N4O2/c1-21(20(23)27,12-14-7-3-2-4-8-14)25-19(26)17(22)11-15-13-24-18-10-6-5-9-16(15)18/h2-10,13,17,24H,11-12,22H2,1H3,(H2,23,27)(H,25,26). The molecule has 6 nitrogen and oxygen atoms in total. The van der Waals surface area contributed by atoms with Crippen LogP contribution in [-0.4, -0.2) is 28.4 Å². The van der Waals surface area contributed by atoms with Gasteiger partial charge in [0.25, 0.3) is 0 Å². The number of carbonyl (C=O) groups is 2. The first-order valence-corrected chi connectivity index (χ1v) is 8.85. The van der Waals surface area contributed by atoms with Crippen molar-refractivity contribution < 1.29 is 9.59 Å². The smallest absolute Gasteiger partial charge is 0.243 e. The second kappa shape index (κ2) is 7.63. The predicted octanol–water partition coefficient (Wildman–Crippen LogP) is 1.64.